The lowest BCUT2D eigenvalue weighted by Crippen LogP contribution is -2.15. The van der Waals surface area contributed by atoms with Gasteiger partial charge >= 0.3 is 0 Å². The molecular formula is C15H17FN4. The van der Waals surface area contributed by atoms with Crippen molar-refractivity contribution in [3.05, 3.63) is 42.3 Å². The van der Waals surface area contributed by atoms with Crippen LogP contribution in [-0.4, -0.2) is 16.0 Å². The smallest absolute Gasteiger partial charge is 0.229 e. The van der Waals surface area contributed by atoms with E-state index in [0.717, 1.165) is 11.5 Å². The maximum atomic E-state index is 12.8. The average molecular weight is 272 g/mol. The van der Waals surface area contributed by atoms with Crippen molar-refractivity contribution in [2.75, 3.05) is 10.6 Å². The second-order valence-electron chi connectivity index (χ2n) is 5.02. The molecule has 2 aromatic rings. The quantitative estimate of drug-likeness (QED) is 0.890. The van der Waals surface area contributed by atoms with Gasteiger partial charge in [0.1, 0.15) is 11.6 Å². The van der Waals surface area contributed by atoms with Gasteiger partial charge in [-0.3, -0.25) is 0 Å². The number of benzene rings is 1. The molecule has 1 heterocycles. The van der Waals surface area contributed by atoms with E-state index >= 15 is 0 Å². The van der Waals surface area contributed by atoms with Crippen LogP contribution in [0.5, 0.6) is 0 Å². The van der Waals surface area contributed by atoms with Gasteiger partial charge in [0.25, 0.3) is 0 Å². The maximum absolute atomic E-state index is 12.8. The second kappa shape index (κ2) is 5.86. The monoisotopic (exact) mass is 272 g/mol. The number of rotatable bonds is 4. The third kappa shape index (κ3) is 3.23. The van der Waals surface area contributed by atoms with Gasteiger partial charge in [0.2, 0.25) is 5.95 Å². The molecule has 1 fully saturated rings. The van der Waals surface area contributed by atoms with Crippen molar-refractivity contribution in [3.8, 4) is 0 Å². The van der Waals surface area contributed by atoms with Gasteiger partial charge in [-0.05, 0) is 43.2 Å². The lowest BCUT2D eigenvalue weighted by atomic mass is 10.2. The SMILES string of the molecule is Fc1ccc(Nc2nccc(NC3CCCC3)n2)cc1. The molecule has 20 heavy (non-hydrogen) atoms. The average Bonchev–Trinajstić information content (AvgIpc) is 2.95. The van der Waals surface area contributed by atoms with E-state index in [-0.39, 0.29) is 5.82 Å². The highest BCUT2D eigenvalue weighted by Gasteiger charge is 2.15. The van der Waals surface area contributed by atoms with Crippen LogP contribution in [0.25, 0.3) is 0 Å². The number of aromatic nitrogens is 2. The van der Waals surface area contributed by atoms with Crippen LogP contribution in [0.4, 0.5) is 21.8 Å². The molecule has 0 radical (unpaired) electrons. The summed E-state index contributed by atoms with van der Waals surface area (Å²) < 4.78 is 12.8. The topological polar surface area (TPSA) is 49.8 Å². The van der Waals surface area contributed by atoms with E-state index < -0.39 is 0 Å². The first-order valence-corrected chi connectivity index (χ1v) is 6.92. The molecule has 4 nitrogen and oxygen atoms in total. The van der Waals surface area contributed by atoms with E-state index in [0.29, 0.717) is 12.0 Å². The zero-order valence-electron chi connectivity index (χ0n) is 11.1. The fourth-order valence-corrected chi connectivity index (χ4v) is 2.44. The Bertz CT molecular complexity index is 564. The Balaban J connectivity index is 1.68. The third-order valence-electron chi connectivity index (χ3n) is 3.46. The van der Waals surface area contributed by atoms with Crippen molar-refractivity contribution in [1.82, 2.24) is 9.97 Å². The minimum Gasteiger partial charge on any atom is -0.367 e. The molecule has 1 aromatic heterocycles. The van der Waals surface area contributed by atoms with Gasteiger partial charge < -0.3 is 10.6 Å². The van der Waals surface area contributed by atoms with Crippen molar-refractivity contribution in [3.63, 3.8) is 0 Å². The van der Waals surface area contributed by atoms with E-state index in [9.17, 15) is 4.39 Å². The first-order valence-electron chi connectivity index (χ1n) is 6.92. The lowest BCUT2D eigenvalue weighted by Gasteiger charge is -2.13. The van der Waals surface area contributed by atoms with Crippen molar-refractivity contribution >= 4 is 17.5 Å². The molecule has 0 aliphatic heterocycles. The largest absolute Gasteiger partial charge is 0.367 e. The number of hydrogen-bond acceptors (Lipinski definition) is 4. The lowest BCUT2D eigenvalue weighted by molar-refractivity contribution is 0.628. The number of hydrogen-bond donors (Lipinski definition) is 2. The van der Waals surface area contributed by atoms with Gasteiger partial charge in [-0.2, -0.15) is 4.98 Å². The molecule has 0 atom stereocenters. The predicted molar refractivity (Wildman–Crippen MR) is 77.6 cm³/mol. The van der Waals surface area contributed by atoms with Crippen LogP contribution in [0.3, 0.4) is 0 Å². The van der Waals surface area contributed by atoms with Crippen molar-refractivity contribution in [2.45, 2.75) is 31.7 Å². The summed E-state index contributed by atoms with van der Waals surface area (Å²) in [7, 11) is 0. The molecule has 0 unspecified atom stereocenters. The van der Waals surface area contributed by atoms with Gasteiger partial charge in [-0.1, -0.05) is 12.8 Å². The molecule has 104 valence electrons. The fraction of sp³-hybridized carbons (Fsp3) is 0.333. The normalized spacial score (nSPS) is 15.2. The Hall–Kier alpha value is -2.17. The fourth-order valence-electron chi connectivity index (χ4n) is 2.44. The molecule has 0 amide bonds. The summed E-state index contributed by atoms with van der Waals surface area (Å²) in [6.07, 6.45) is 6.68. The Labute approximate surface area is 117 Å². The van der Waals surface area contributed by atoms with E-state index in [1.165, 1.54) is 37.8 Å². The summed E-state index contributed by atoms with van der Waals surface area (Å²) in [6.45, 7) is 0. The van der Waals surface area contributed by atoms with E-state index in [1.54, 1.807) is 18.3 Å². The second-order valence-corrected chi connectivity index (χ2v) is 5.02. The number of nitrogens with one attached hydrogen (secondary N) is 2. The van der Waals surface area contributed by atoms with Gasteiger partial charge in [0, 0.05) is 17.9 Å². The molecule has 2 N–H and O–H groups in total. The number of anilines is 3. The zero-order chi connectivity index (χ0) is 13.8. The molecule has 0 spiro atoms. The van der Waals surface area contributed by atoms with Crippen LogP contribution >= 0.6 is 0 Å². The third-order valence-corrected chi connectivity index (χ3v) is 3.46. The highest BCUT2D eigenvalue weighted by molar-refractivity contribution is 5.54. The summed E-state index contributed by atoms with van der Waals surface area (Å²) >= 11 is 0. The predicted octanol–water partition coefficient (Wildman–Crippen LogP) is 3.71. The van der Waals surface area contributed by atoms with Gasteiger partial charge in [-0.15, -0.1) is 0 Å². The van der Waals surface area contributed by atoms with Gasteiger partial charge in [0.15, 0.2) is 0 Å². The summed E-state index contributed by atoms with van der Waals surface area (Å²) in [6, 6.07) is 8.52. The van der Waals surface area contributed by atoms with Gasteiger partial charge in [0.05, 0.1) is 0 Å². The Morgan fingerprint density at radius 3 is 2.55 bits per heavy atom. The Kier molecular flexibility index (Phi) is 3.76. The molecule has 5 heteroatoms. The Morgan fingerprint density at radius 2 is 1.80 bits per heavy atom. The Morgan fingerprint density at radius 1 is 1.05 bits per heavy atom. The summed E-state index contributed by atoms with van der Waals surface area (Å²) in [5.41, 5.74) is 0.768. The molecular weight excluding hydrogens is 255 g/mol. The minimum atomic E-state index is -0.256. The molecule has 3 rings (SSSR count). The van der Waals surface area contributed by atoms with Crippen LogP contribution in [0.2, 0.25) is 0 Å². The van der Waals surface area contributed by atoms with Crippen LogP contribution in [-0.2, 0) is 0 Å². The van der Waals surface area contributed by atoms with Gasteiger partial charge in [-0.25, -0.2) is 9.37 Å². The van der Waals surface area contributed by atoms with Crippen LogP contribution in [0, 0.1) is 5.82 Å². The minimum absolute atomic E-state index is 0.256. The molecule has 1 aromatic carbocycles. The van der Waals surface area contributed by atoms with Crippen molar-refractivity contribution in [2.24, 2.45) is 0 Å². The first-order chi connectivity index (χ1) is 9.79. The maximum Gasteiger partial charge on any atom is 0.229 e. The number of nitrogens with zero attached hydrogens (tertiary/aromatic N) is 2. The van der Waals surface area contributed by atoms with Crippen molar-refractivity contribution < 1.29 is 4.39 Å². The highest BCUT2D eigenvalue weighted by Crippen LogP contribution is 2.22. The highest BCUT2D eigenvalue weighted by atomic mass is 19.1. The van der Waals surface area contributed by atoms with Crippen molar-refractivity contribution in [1.29, 1.82) is 0 Å². The standard InChI is InChI=1S/C15H17FN4/c16-11-5-7-13(8-6-11)19-15-17-10-9-14(20-15)18-12-3-1-2-4-12/h5-10,12H,1-4H2,(H2,17,18,19,20). The molecule has 1 saturated carbocycles. The molecule has 1 aliphatic carbocycles. The zero-order valence-corrected chi connectivity index (χ0v) is 11.1. The summed E-state index contributed by atoms with van der Waals surface area (Å²) in [4.78, 5) is 8.60. The van der Waals surface area contributed by atoms with E-state index in [2.05, 4.69) is 20.6 Å². The van der Waals surface area contributed by atoms with E-state index in [4.69, 9.17) is 0 Å². The van der Waals surface area contributed by atoms with Crippen LogP contribution in [0.1, 0.15) is 25.7 Å². The first kappa shape index (κ1) is 12.8. The molecule has 0 bridgehead atoms. The van der Waals surface area contributed by atoms with E-state index in [1.807, 2.05) is 6.07 Å². The number of halogens is 1. The van der Waals surface area contributed by atoms with Crippen LogP contribution < -0.4 is 10.6 Å². The molecule has 1 aliphatic rings. The molecule has 0 saturated heterocycles. The summed E-state index contributed by atoms with van der Waals surface area (Å²) in [5, 5.41) is 6.49. The summed E-state index contributed by atoms with van der Waals surface area (Å²) in [5.74, 6) is 1.09. The van der Waals surface area contributed by atoms with Crippen LogP contribution in [0.15, 0.2) is 36.5 Å².